The molecule has 2 heterocycles. The van der Waals surface area contributed by atoms with Gasteiger partial charge < -0.3 is 18.5 Å². The monoisotopic (exact) mass is 451 g/mol. The first-order valence-electron chi connectivity index (χ1n) is 9.54. The molecule has 0 saturated heterocycles. The van der Waals surface area contributed by atoms with Crippen molar-refractivity contribution in [2.75, 3.05) is 13.2 Å². The van der Waals surface area contributed by atoms with Crippen LogP contribution in [0.5, 0.6) is 5.75 Å². The standard InChI is InChI=1S/C22H20F3NO6/c1-12-6-20(28)32-19-8-15(4-5-16(12)19)30-10-21(29)31-9-18(27)17-7-13(2)26(14(17)3)11-22(23,24)25/h4-8H,9-11H2,1-3H3. The Kier molecular flexibility index (Phi) is 6.42. The second-order valence-electron chi connectivity index (χ2n) is 7.27. The van der Waals surface area contributed by atoms with Crippen LogP contribution >= 0.6 is 0 Å². The zero-order chi connectivity index (χ0) is 23.6. The molecule has 0 N–H and O–H groups in total. The third-order valence-corrected chi connectivity index (χ3v) is 4.86. The van der Waals surface area contributed by atoms with E-state index in [4.69, 9.17) is 13.9 Å². The average Bonchev–Trinajstić information content (AvgIpc) is 2.97. The molecule has 0 aliphatic heterocycles. The van der Waals surface area contributed by atoms with E-state index in [1.54, 1.807) is 19.1 Å². The highest BCUT2D eigenvalue weighted by atomic mass is 19.4. The molecule has 0 amide bonds. The maximum absolute atomic E-state index is 12.7. The van der Waals surface area contributed by atoms with E-state index >= 15 is 0 Å². The Morgan fingerprint density at radius 3 is 2.47 bits per heavy atom. The molecule has 0 bridgehead atoms. The van der Waals surface area contributed by atoms with Crippen molar-refractivity contribution < 1.29 is 36.7 Å². The van der Waals surface area contributed by atoms with E-state index in [9.17, 15) is 27.6 Å². The van der Waals surface area contributed by atoms with Gasteiger partial charge in [-0.3, -0.25) is 4.79 Å². The summed E-state index contributed by atoms with van der Waals surface area (Å²) in [4.78, 5) is 35.8. The van der Waals surface area contributed by atoms with Crippen LogP contribution in [0.25, 0.3) is 11.0 Å². The highest BCUT2D eigenvalue weighted by Gasteiger charge is 2.30. The fraction of sp³-hybridized carbons (Fsp3) is 0.318. The number of aromatic nitrogens is 1. The summed E-state index contributed by atoms with van der Waals surface area (Å²) >= 11 is 0. The molecular formula is C22H20F3NO6. The topological polar surface area (TPSA) is 87.7 Å². The lowest BCUT2D eigenvalue weighted by atomic mass is 10.1. The van der Waals surface area contributed by atoms with Crippen LogP contribution in [-0.2, 0) is 16.1 Å². The van der Waals surface area contributed by atoms with Gasteiger partial charge in [-0.1, -0.05) is 0 Å². The van der Waals surface area contributed by atoms with Crippen LogP contribution in [0.3, 0.4) is 0 Å². The molecular weight excluding hydrogens is 431 g/mol. The van der Waals surface area contributed by atoms with E-state index in [-0.39, 0.29) is 22.7 Å². The van der Waals surface area contributed by atoms with Gasteiger partial charge >= 0.3 is 17.8 Å². The first-order valence-corrected chi connectivity index (χ1v) is 9.54. The number of carbonyl (C=O) groups excluding carboxylic acids is 2. The summed E-state index contributed by atoms with van der Waals surface area (Å²) in [6, 6.07) is 7.41. The molecule has 3 aromatic rings. The fourth-order valence-corrected chi connectivity index (χ4v) is 3.31. The molecule has 1 aromatic carbocycles. The Labute approximate surface area is 180 Å². The zero-order valence-corrected chi connectivity index (χ0v) is 17.5. The van der Waals surface area contributed by atoms with Gasteiger partial charge in [-0.25, -0.2) is 9.59 Å². The number of halogens is 3. The number of ketones is 1. The van der Waals surface area contributed by atoms with E-state index in [2.05, 4.69) is 0 Å². The van der Waals surface area contributed by atoms with Crippen LogP contribution in [0.2, 0.25) is 0 Å². The molecule has 0 unspecified atom stereocenters. The molecule has 170 valence electrons. The number of hydrogen-bond donors (Lipinski definition) is 0. The van der Waals surface area contributed by atoms with Crippen molar-refractivity contribution in [2.45, 2.75) is 33.5 Å². The number of esters is 1. The minimum absolute atomic E-state index is 0.0559. The molecule has 0 spiro atoms. The van der Waals surface area contributed by atoms with Crippen LogP contribution in [0.1, 0.15) is 27.3 Å². The number of benzene rings is 1. The lowest BCUT2D eigenvalue weighted by molar-refractivity contribution is -0.144. The third kappa shape index (κ3) is 5.37. The number of fused-ring (bicyclic) bond motifs is 1. The molecule has 2 aromatic heterocycles. The average molecular weight is 451 g/mol. The number of carbonyl (C=O) groups is 2. The summed E-state index contributed by atoms with van der Waals surface area (Å²) in [5.41, 5.74) is 0.988. The molecule has 10 heteroatoms. The molecule has 7 nitrogen and oxygen atoms in total. The quantitative estimate of drug-likeness (QED) is 0.308. The number of rotatable bonds is 7. The Balaban J connectivity index is 1.58. The van der Waals surface area contributed by atoms with Crippen LogP contribution in [0, 0.1) is 20.8 Å². The first kappa shape index (κ1) is 23.1. The van der Waals surface area contributed by atoms with E-state index in [0.717, 1.165) is 10.1 Å². The lowest BCUT2D eigenvalue weighted by Crippen LogP contribution is -2.21. The number of hydrogen-bond acceptors (Lipinski definition) is 6. The Hall–Kier alpha value is -3.56. The number of Topliss-reactive ketones (excluding diaryl/α,β-unsaturated/α-hetero) is 1. The normalized spacial score (nSPS) is 11.6. The predicted molar refractivity (Wildman–Crippen MR) is 108 cm³/mol. The van der Waals surface area contributed by atoms with Gasteiger partial charge in [-0.15, -0.1) is 0 Å². The molecule has 0 saturated carbocycles. The van der Waals surface area contributed by atoms with Gasteiger partial charge in [0.15, 0.2) is 13.2 Å². The highest BCUT2D eigenvalue weighted by Crippen LogP contribution is 2.24. The van der Waals surface area contributed by atoms with Gasteiger partial charge in [0.05, 0.1) is 0 Å². The first-order chi connectivity index (χ1) is 14.9. The molecule has 0 atom stereocenters. The largest absolute Gasteiger partial charge is 0.482 e. The Morgan fingerprint density at radius 1 is 1.06 bits per heavy atom. The summed E-state index contributed by atoms with van der Waals surface area (Å²) in [6.07, 6.45) is -4.43. The third-order valence-electron chi connectivity index (χ3n) is 4.86. The van der Waals surface area contributed by atoms with Crippen LogP contribution in [-0.4, -0.2) is 35.7 Å². The van der Waals surface area contributed by atoms with Crippen molar-refractivity contribution in [1.29, 1.82) is 0 Å². The van der Waals surface area contributed by atoms with Crippen LogP contribution in [0.15, 0.2) is 39.5 Å². The number of ether oxygens (including phenoxy) is 2. The number of nitrogens with zero attached hydrogens (tertiary/aromatic N) is 1. The number of aryl methyl sites for hydroxylation is 2. The molecule has 0 radical (unpaired) electrons. The maximum Gasteiger partial charge on any atom is 0.406 e. The van der Waals surface area contributed by atoms with E-state index in [0.29, 0.717) is 11.0 Å². The van der Waals surface area contributed by atoms with Gasteiger partial charge in [-0.2, -0.15) is 13.2 Å². The van der Waals surface area contributed by atoms with Crippen LogP contribution in [0.4, 0.5) is 13.2 Å². The van der Waals surface area contributed by atoms with E-state index in [1.165, 1.54) is 32.0 Å². The summed E-state index contributed by atoms with van der Waals surface area (Å²) in [6.45, 7) is 2.26. The minimum atomic E-state index is -4.43. The van der Waals surface area contributed by atoms with Crippen molar-refractivity contribution in [3.8, 4) is 5.75 Å². The summed E-state index contributed by atoms with van der Waals surface area (Å²) in [5.74, 6) is -1.21. The second kappa shape index (κ2) is 8.89. The molecule has 32 heavy (non-hydrogen) atoms. The van der Waals surface area contributed by atoms with Crippen molar-refractivity contribution in [3.05, 3.63) is 63.3 Å². The van der Waals surface area contributed by atoms with Crippen LogP contribution < -0.4 is 10.4 Å². The minimum Gasteiger partial charge on any atom is -0.482 e. The van der Waals surface area contributed by atoms with Crippen molar-refractivity contribution in [2.24, 2.45) is 0 Å². The Bertz CT molecular complexity index is 1240. The SMILES string of the molecule is Cc1cc(=O)oc2cc(OCC(=O)OCC(=O)c3cc(C)n(CC(F)(F)F)c3C)ccc12. The number of alkyl halides is 3. The fourth-order valence-electron chi connectivity index (χ4n) is 3.31. The van der Waals surface area contributed by atoms with Crippen molar-refractivity contribution in [3.63, 3.8) is 0 Å². The van der Waals surface area contributed by atoms with Gasteiger partial charge in [0.2, 0.25) is 5.78 Å². The van der Waals surface area contributed by atoms with E-state index < -0.39 is 43.3 Å². The van der Waals surface area contributed by atoms with Gasteiger partial charge in [-0.05, 0) is 44.5 Å². The van der Waals surface area contributed by atoms with E-state index in [1.807, 2.05) is 0 Å². The summed E-state index contributed by atoms with van der Waals surface area (Å²) < 4.78 is 54.4. The lowest BCUT2D eigenvalue weighted by Gasteiger charge is -2.12. The maximum atomic E-state index is 12.7. The zero-order valence-electron chi connectivity index (χ0n) is 17.5. The van der Waals surface area contributed by atoms with Crippen molar-refractivity contribution >= 4 is 22.7 Å². The van der Waals surface area contributed by atoms with Gasteiger partial charge in [0.25, 0.3) is 0 Å². The van der Waals surface area contributed by atoms with Crippen molar-refractivity contribution in [1.82, 2.24) is 4.57 Å². The summed E-state index contributed by atoms with van der Waals surface area (Å²) in [5, 5.41) is 0.716. The summed E-state index contributed by atoms with van der Waals surface area (Å²) in [7, 11) is 0. The smallest absolute Gasteiger partial charge is 0.406 e. The molecule has 0 aliphatic carbocycles. The second-order valence-corrected chi connectivity index (χ2v) is 7.27. The predicted octanol–water partition coefficient (Wildman–Crippen LogP) is 3.89. The highest BCUT2D eigenvalue weighted by molar-refractivity contribution is 5.99. The molecule has 3 rings (SSSR count). The Morgan fingerprint density at radius 2 is 1.78 bits per heavy atom. The van der Waals surface area contributed by atoms with Gasteiger partial charge in [0.1, 0.15) is 17.9 Å². The van der Waals surface area contributed by atoms with Gasteiger partial charge in [0, 0.05) is 34.5 Å². The molecule has 0 fully saturated rings. The molecule has 0 aliphatic rings.